The summed E-state index contributed by atoms with van der Waals surface area (Å²) in [5.41, 5.74) is -1.65. The van der Waals surface area contributed by atoms with Gasteiger partial charge in [-0.15, -0.1) is 0 Å². The van der Waals surface area contributed by atoms with Gasteiger partial charge in [-0.3, -0.25) is 0 Å². The van der Waals surface area contributed by atoms with Crippen LogP contribution in [0.2, 0.25) is 0 Å². The molecule has 10 nitrogen and oxygen atoms in total. The van der Waals surface area contributed by atoms with Crippen molar-refractivity contribution >= 4 is 62.9 Å². The summed E-state index contributed by atoms with van der Waals surface area (Å²) in [5, 5.41) is 0. The number of carbonyl (C=O) groups is 2. The Morgan fingerprint density at radius 2 is 1.41 bits per heavy atom. The molecule has 2 rings (SSSR count). The van der Waals surface area contributed by atoms with Gasteiger partial charge in [0, 0.05) is 0 Å². The summed E-state index contributed by atoms with van der Waals surface area (Å²) in [6.07, 6.45) is 0. The fourth-order valence-corrected chi connectivity index (χ4v) is 5.04. The van der Waals surface area contributed by atoms with E-state index in [4.69, 9.17) is 0 Å². The van der Waals surface area contributed by atoms with Crippen LogP contribution in [0.5, 0.6) is 0 Å². The van der Waals surface area contributed by atoms with E-state index in [9.17, 15) is 35.5 Å². The quantitative estimate of drug-likeness (QED) is 0.364. The average Bonchev–Trinajstić information content (AvgIpc) is 2.64. The van der Waals surface area contributed by atoms with Gasteiger partial charge in [0.2, 0.25) is 0 Å². The zero-order chi connectivity index (χ0) is 22.1. The number of benzene rings is 2. The van der Waals surface area contributed by atoms with Gasteiger partial charge in [-0.25, -0.2) is 0 Å². The van der Waals surface area contributed by atoms with Crippen LogP contribution >= 0.6 is 0 Å². The van der Waals surface area contributed by atoms with E-state index < -0.39 is 53.1 Å². The molecule has 2 aromatic rings. The fraction of sp³-hybridized carbons (Fsp3) is 0.125. The summed E-state index contributed by atoms with van der Waals surface area (Å²) in [4.78, 5) is 22.9. The molecule has 0 radical (unpaired) electrons. The molecular weight excluding hydrogens is 439 g/mol. The van der Waals surface area contributed by atoms with Gasteiger partial charge >= 0.3 is 185 Å². The SMILES string of the molecule is COC(=O)c1cc(S(=O)(=O)O)c(-c2ccccc2S(=O)(=O)O)c(C(=O)OC)[c]1[Na]. The second-order valence-corrected chi connectivity index (χ2v) is 9.51. The van der Waals surface area contributed by atoms with Gasteiger partial charge in [0.05, 0.1) is 0 Å². The van der Waals surface area contributed by atoms with E-state index in [1.165, 1.54) is 12.1 Å². The minimum atomic E-state index is -5.07. The van der Waals surface area contributed by atoms with Crippen molar-refractivity contribution in [3.63, 3.8) is 0 Å². The first-order valence-corrected chi connectivity index (χ1v) is 11.6. The minimum absolute atomic E-state index is 0.0135. The van der Waals surface area contributed by atoms with Crippen LogP contribution in [0.3, 0.4) is 0 Å². The molecule has 150 valence electrons. The molecule has 0 aromatic heterocycles. The Morgan fingerprint density at radius 3 is 1.90 bits per heavy atom. The van der Waals surface area contributed by atoms with Gasteiger partial charge in [0.25, 0.3) is 0 Å². The first-order chi connectivity index (χ1) is 13.3. The van der Waals surface area contributed by atoms with Crippen molar-refractivity contribution in [3.05, 3.63) is 41.5 Å². The number of carbonyl (C=O) groups excluding carboxylic acids is 2. The normalized spacial score (nSPS) is 11.8. The Kier molecular flexibility index (Phi) is 6.89. The summed E-state index contributed by atoms with van der Waals surface area (Å²) in [6, 6.07) is 5.51. The predicted octanol–water partition coefficient (Wildman–Crippen LogP) is 0.214. The maximum absolute atomic E-state index is 12.5. The Labute approximate surface area is 183 Å². The van der Waals surface area contributed by atoms with Crippen molar-refractivity contribution in [1.82, 2.24) is 0 Å². The first-order valence-electron chi connectivity index (χ1n) is 7.73. The standard InChI is InChI=1S/C16H13O10S2.Na/c1-25-15(17)9-7-11(16(18)26-2)14(13(8-9)28(22,23)24)10-5-3-4-6-12(10)27(19,20)21;/h3-6,8H,1-2H3,(H,19,20,21)(H,22,23,24);. The fourth-order valence-electron chi connectivity index (χ4n) is 2.81. The second-order valence-electron chi connectivity index (χ2n) is 5.73. The molecule has 2 N–H and O–H groups in total. The van der Waals surface area contributed by atoms with E-state index in [1.54, 1.807) is 0 Å². The van der Waals surface area contributed by atoms with Gasteiger partial charge < -0.3 is 0 Å². The van der Waals surface area contributed by atoms with Crippen LogP contribution in [0.25, 0.3) is 11.1 Å². The molecule has 0 heterocycles. The third kappa shape index (κ3) is 4.69. The molecule has 2 aromatic carbocycles. The molecule has 0 aliphatic rings. The number of ether oxygens (including phenoxy) is 2. The molecule has 0 unspecified atom stereocenters. The number of rotatable bonds is 5. The van der Waals surface area contributed by atoms with Crippen molar-refractivity contribution in [3.8, 4) is 11.1 Å². The molecule has 13 heteroatoms. The summed E-state index contributed by atoms with van der Waals surface area (Å²) in [5.74, 6) is -2.05. The van der Waals surface area contributed by atoms with E-state index in [1.807, 2.05) is 0 Å². The third-order valence-electron chi connectivity index (χ3n) is 4.06. The molecule has 0 aliphatic heterocycles. The van der Waals surface area contributed by atoms with Crippen LogP contribution in [0, 0.1) is 0 Å². The third-order valence-corrected chi connectivity index (χ3v) is 6.89. The van der Waals surface area contributed by atoms with Gasteiger partial charge in [-0.2, -0.15) is 0 Å². The van der Waals surface area contributed by atoms with Crippen molar-refractivity contribution in [2.75, 3.05) is 14.2 Å². The Morgan fingerprint density at radius 1 is 0.897 bits per heavy atom. The number of hydrogen-bond acceptors (Lipinski definition) is 8. The monoisotopic (exact) mass is 452 g/mol. The molecule has 0 spiro atoms. The van der Waals surface area contributed by atoms with Crippen LogP contribution in [-0.4, -0.2) is 80.0 Å². The average molecular weight is 452 g/mol. The molecule has 0 aliphatic carbocycles. The van der Waals surface area contributed by atoms with Crippen molar-refractivity contribution < 1.29 is 45.0 Å². The van der Waals surface area contributed by atoms with Gasteiger partial charge in [-0.05, 0) is 0 Å². The van der Waals surface area contributed by atoms with Crippen molar-refractivity contribution in [2.24, 2.45) is 0 Å². The molecular formula is C16H13NaO10S2. The summed E-state index contributed by atoms with van der Waals surface area (Å²) in [6.45, 7) is 0. The van der Waals surface area contributed by atoms with Gasteiger partial charge in [0.1, 0.15) is 0 Å². The van der Waals surface area contributed by atoms with E-state index in [-0.39, 0.29) is 41.9 Å². The molecule has 29 heavy (non-hydrogen) atoms. The Bertz CT molecular complexity index is 1220. The molecule has 0 amide bonds. The Balaban J connectivity index is 3.21. The summed E-state index contributed by atoms with van der Waals surface area (Å²) < 4.78 is 76.4. The van der Waals surface area contributed by atoms with Gasteiger partial charge in [0.15, 0.2) is 0 Å². The molecule has 0 saturated heterocycles. The number of methoxy groups -OCH3 is 2. The molecule has 0 bridgehead atoms. The number of hydrogen-bond donors (Lipinski definition) is 2. The van der Waals surface area contributed by atoms with E-state index in [0.29, 0.717) is 0 Å². The second kappa shape index (κ2) is 8.52. The maximum atomic E-state index is 12.5. The van der Waals surface area contributed by atoms with Crippen molar-refractivity contribution in [2.45, 2.75) is 9.79 Å². The summed E-state index contributed by atoms with van der Waals surface area (Å²) >= 11 is 0.0135. The van der Waals surface area contributed by atoms with Crippen molar-refractivity contribution in [1.29, 1.82) is 0 Å². The van der Waals surface area contributed by atoms with Crippen LogP contribution in [0.1, 0.15) is 20.7 Å². The van der Waals surface area contributed by atoms with Crippen LogP contribution in [0.4, 0.5) is 0 Å². The van der Waals surface area contributed by atoms with Crippen LogP contribution < -0.4 is 2.81 Å². The summed E-state index contributed by atoms with van der Waals surface area (Å²) in [7, 11) is -7.87. The Hall–Kier alpha value is -1.80. The zero-order valence-electron chi connectivity index (χ0n) is 15.4. The predicted molar refractivity (Wildman–Crippen MR) is 99.6 cm³/mol. The first kappa shape index (κ1) is 23.5. The van der Waals surface area contributed by atoms with E-state index >= 15 is 0 Å². The van der Waals surface area contributed by atoms with Crippen LogP contribution in [0.15, 0.2) is 40.1 Å². The molecule has 0 atom stereocenters. The van der Waals surface area contributed by atoms with E-state index in [2.05, 4.69) is 9.47 Å². The topological polar surface area (TPSA) is 161 Å². The van der Waals surface area contributed by atoms with E-state index in [0.717, 1.165) is 32.4 Å². The van der Waals surface area contributed by atoms with Gasteiger partial charge in [-0.1, -0.05) is 0 Å². The number of esters is 2. The zero-order valence-corrected chi connectivity index (χ0v) is 19.0. The molecule has 0 saturated carbocycles. The molecule has 0 fully saturated rings. The van der Waals surface area contributed by atoms with Crippen LogP contribution in [-0.2, 0) is 29.7 Å².